The second-order valence-corrected chi connectivity index (χ2v) is 15.4. The maximum Gasteiger partial charge on any atom is 0.250 e. The van der Waals surface area contributed by atoms with Crippen LogP contribution in [0, 0.1) is 5.41 Å². The molecular weight excluding hydrogens is 400 g/mol. The molecule has 0 N–H and O–H groups in total. The zero-order valence-electron chi connectivity index (χ0n) is 20.8. The SMILES string of the molecule is COC(=C(COCc1ccccc1)C(C)(C)C)c1cccc(O[Si](C)(C)C(C)(C)C)c1. The molecule has 3 nitrogen and oxygen atoms in total. The fraction of sp³-hybridized carbons (Fsp3) is 0.481. The third-order valence-corrected chi connectivity index (χ3v) is 10.4. The van der Waals surface area contributed by atoms with Crippen molar-refractivity contribution in [3.05, 3.63) is 71.3 Å². The van der Waals surface area contributed by atoms with Crippen molar-refractivity contribution in [3.8, 4) is 5.75 Å². The summed E-state index contributed by atoms with van der Waals surface area (Å²) < 4.78 is 18.6. The molecule has 0 fully saturated rings. The Morgan fingerprint density at radius 1 is 0.871 bits per heavy atom. The Balaban J connectivity index is 2.33. The van der Waals surface area contributed by atoms with Crippen molar-refractivity contribution in [2.75, 3.05) is 13.7 Å². The van der Waals surface area contributed by atoms with E-state index in [1.165, 1.54) is 5.56 Å². The molecule has 0 amide bonds. The molecule has 0 radical (unpaired) electrons. The zero-order chi connectivity index (χ0) is 23.3. The smallest absolute Gasteiger partial charge is 0.250 e. The van der Waals surface area contributed by atoms with Gasteiger partial charge in [0.25, 0.3) is 0 Å². The van der Waals surface area contributed by atoms with E-state index in [0.717, 1.165) is 22.6 Å². The van der Waals surface area contributed by atoms with Gasteiger partial charge in [-0.1, -0.05) is 84.0 Å². The van der Waals surface area contributed by atoms with Gasteiger partial charge in [-0.2, -0.15) is 0 Å². The highest BCUT2D eigenvalue weighted by atomic mass is 28.4. The summed E-state index contributed by atoms with van der Waals surface area (Å²) in [6.45, 7) is 19.0. The van der Waals surface area contributed by atoms with E-state index in [1.807, 2.05) is 30.3 Å². The first-order valence-corrected chi connectivity index (χ1v) is 13.9. The number of rotatable bonds is 8. The topological polar surface area (TPSA) is 27.7 Å². The predicted molar refractivity (Wildman–Crippen MR) is 134 cm³/mol. The summed E-state index contributed by atoms with van der Waals surface area (Å²) in [7, 11) is -0.182. The van der Waals surface area contributed by atoms with Gasteiger partial charge < -0.3 is 13.9 Å². The number of hydrogen-bond donors (Lipinski definition) is 0. The maximum atomic E-state index is 6.54. The zero-order valence-corrected chi connectivity index (χ0v) is 21.8. The first-order valence-electron chi connectivity index (χ1n) is 11.0. The highest BCUT2D eigenvalue weighted by Crippen LogP contribution is 2.39. The van der Waals surface area contributed by atoms with E-state index >= 15 is 0 Å². The Labute approximate surface area is 190 Å². The minimum Gasteiger partial charge on any atom is -0.543 e. The summed E-state index contributed by atoms with van der Waals surface area (Å²) in [5.41, 5.74) is 3.22. The van der Waals surface area contributed by atoms with Gasteiger partial charge in [-0.05, 0) is 41.2 Å². The lowest BCUT2D eigenvalue weighted by atomic mass is 9.84. The molecule has 0 aliphatic heterocycles. The van der Waals surface area contributed by atoms with Gasteiger partial charge in [0, 0.05) is 11.1 Å². The molecule has 0 aliphatic rings. The quantitative estimate of drug-likeness (QED) is 0.311. The molecule has 0 atom stereocenters. The van der Waals surface area contributed by atoms with Crippen LogP contribution in [0.25, 0.3) is 5.76 Å². The van der Waals surface area contributed by atoms with E-state index in [9.17, 15) is 0 Å². The van der Waals surface area contributed by atoms with Crippen LogP contribution in [0.4, 0.5) is 0 Å². The van der Waals surface area contributed by atoms with E-state index < -0.39 is 8.32 Å². The van der Waals surface area contributed by atoms with Crippen molar-refractivity contribution in [2.45, 2.75) is 66.3 Å². The molecule has 4 heteroatoms. The van der Waals surface area contributed by atoms with Crippen LogP contribution in [0.15, 0.2) is 60.2 Å². The van der Waals surface area contributed by atoms with E-state index in [2.05, 4.69) is 78.9 Å². The monoisotopic (exact) mass is 440 g/mol. The molecule has 0 aliphatic carbocycles. The van der Waals surface area contributed by atoms with Crippen molar-refractivity contribution in [1.29, 1.82) is 0 Å². The fourth-order valence-electron chi connectivity index (χ4n) is 3.03. The number of benzene rings is 2. The summed E-state index contributed by atoms with van der Waals surface area (Å²) in [5.74, 6) is 1.76. The van der Waals surface area contributed by atoms with Gasteiger partial charge in [0.15, 0.2) is 0 Å². The summed E-state index contributed by atoms with van der Waals surface area (Å²) in [6.07, 6.45) is 0. The molecule has 0 saturated carbocycles. The van der Waals surface area contributed by atoms with Gasteiger partial charge in [0.2, 0.25) is 8.32 Å². The highest BCUT2D eigenvalue weighted by molar-refractivity contribution is 6.74. The molecule has 0 unspecified atom stereocenters. The van der Waals surface area contributed by atoms with Crippen LogP contribution < -0.4 is 4.43 Å². The molecule has 0 heterocycles. The van der Waals surface area contributed by atoms with Gasteiger partial charge in [0.05, 0.1) is 20.3 Å². The second kappa shape index (κ2) is 10.1. The van der Waals surface area contributed by atoms with Crippen LogP contribution in [0.5, 0.6) is 5.75 Å². The summed E-state index contributed by atoms with van der Waals surface area (Å²) >= 11 is 0. The van der Waals surface area contributed by atoms with Crippen LogP contribution in [-0.4, -0.2) is 22.0 Å². The van der Waals surface area contributed by atoms with Crippen molar-refractivity contribution >= 4 is 14.1 Å². The van der Waals surface area contributed by atoms with Crippen molar-refractivity contribution in [2.24, 2.45) is 5.41 Å². The minimum atomic E-state index is -1.92. The van der Waals surface area contributed by atoms with Crippen LogP contribution in [0.1, 0.15) is 52.7 Å². The molecule has 31 heavy (non-hydrogen) atoms. The summed E-state index contributed by atoms with van der Waals surface area (Å²) in [6, 6.07) is 18.5. The van der Waals surface area contributed by atoms with Crippen molar-refractivity contribution < 1.29 is 13.9 Å². The van der Waals surface area contributed by atoms with Gasteiger partial charge in [-0.3, -0.25) is 0 Å². The van der Waals surface area contributed by atoms with Crippen LogP contribution >= 0.6 is 0 Å². The molecule has 2 aromatic rings. The molecule has 0 spiro atoms. The van der Waals surface area contributed by atoms with E-state index in [4.69, 9.17) is 13.9 Å². The van der Waals surface area contributed by atoms with Gasteiger partial charge in [0.1, 0.15) is 11.5 Å². The Kier molecular flexibility index (Phi) is 8.18. The Hall–Kier alpha value is -2.04. The Morgan fingerprint density at radius 2 is 1.52 bits per heavy atom. The second-order valence-electron chi connectivity index (χ2n) is 10.6. The fourth-order valence-corrected chi connectivity index (χ4v) is 4.05. The average Bonchev–Trinajstić information content (AvgIpc) is 2.66. The molecule has 2 aromatic carbocycles. The average molecular weight is 441 g/mol. The molecular formula is C27H40O3Si. The largest absolute Gasteiger partial charge is 0.543 e. The third kappa shape index (κ3) is 6.98. The predicted octanol–water partition coefficient (Wildman–Crippen LogP) is 7.69. The van der Waals surface area contributed by atoms with E-state index in [-0.39, 0.29) is 10.5 Å². The number of methoxy groups -OCH3 is 1. The standard InChI is InChI=1S/C27H40O3Si/c1-26(2,3)24(20-29-19-21-14-11-10-12-15-21)25(28-7)22-16-13-17-23(18-22)30-31(8,9)27(4,5)6/h10-18H,19-20H2,1-9H3. The molecule has 0 bridgehead atoms. The molecule has 0 aromatic heterocycles. The lowest BCUT2D eigenvalue weighted by Crippen LogP contribution is -2.43. The van der Waals surface area contributed by atoms with Gasteiger partial charge in [-0.15, -0.1) is 0 Å². The molecule has 0 saturated heterocycles. The lowest BCUT2D eigenvalue weighted by molar-refractivity contribution is 0.129. The first kappa shape index (κ1) is 25.2. The van der Waals surface area contributed by atoms with Gasteiger partial charge in [-0.25, -0.2) is 0 Å². The van der Waals surface area contributed by atoms with E-state index in [1.54, 1.807) is 7.11 Å². The lowest BCUT2D eigenvalue weighted by Gasteiger charge is -2.36. The normalized spacial score (nSPS) is 13.6. The third-order valence-electron chi connectivity index (χ3n) is 6.02. The number of ether oxygens (including phenoxy) is 2. The Morgan fingerprint density at radius 3 is 2.06 bits per heavy atom. The van der Waals surface area contributed by atoms with Crippen LogP contribution in [-0.2, 0) is 16.1 Å². The van der Waals surface area contributed by atoms with Crippen LogP contribution in [0.2, 0.25) is 18.1 Å². The maximum absolute atomic E-state index is 6.54. The highest BCUT2D eigenvalue weighted by Gasteiger charge is 2.39. The minimum absolute atomic E-state index is 0.0989. The first-order chi connectivity index (χ1) is 14.3. The Bertz CT molecular complexity index is 871. The molecule has 170 valence electrons. The van der Waals surface area contributed by atoms with Crippen molar-refractivity contribution in [3.63, 3.8) is 0 Å². The summed E-state index contributed by atoms with van der Waals surface area (Å²) in [5, 5.41) is 0.144. The van der Waals surface area contributed by atoms with Crippen LogP contribution in [0.3, 0.4) is 0 Å². The van der Waals surface area contributed by atoms with Crippen molar-refractivity contribution in [1.82, 2.24) is 0 Å². The van der Waals surface area contributed by atoms with E-state index in [0.29, 0.717) is 13.2 Å². The van der Waals surface area contributed by atoms with Gasteiger partial charge >= 0.3 is 0 Å². The molecule has 2 rings (SSSR count). The summed E-state index contributed by atoms with van der Waals surface area (Å²) in [4.78, 5) is 0. The number of hydrogen-bond acceptors (Lipinski definition) is 3.